The van der Waals surface area contributed by atoms with Crippen molar-refractivity contribution in [1.29, 1.82) is 0 Å². The van der Waals surface area contributed by atoms with Crippen molar-refractivity contribution in [2.24, 2.45) is 0 Å². The van der Waals surface area contributed by atoms with Crippen LogP contribution < -0.4 is 31.1 Å². The summed E-state index contributed by atoms with van der Waals surface area (Å²) in [5.41, 5.74) is 12.8. The summed E-state index contributed by atoms with van der Waals surface area (Å²) in [6, 6.07) is 49.6. The average Bonchev–Trinajstić information content (AvgIpc) is 0.810. The van der Waals surface area contributed by atoms with Crippen molar-refractivity contribution in [2.45, 2.75) is 204 Å². The van der Waals surface area contributed by atoms with Crippen molar-refractivity contribution in [1.82, 2.24) is 45.8 Å². The lowest BCUT2D eigenvalue weighted by atomic mass is 9.74. The Labute approximate surface area is 649 Å². The van der Waals surface area contributed by atoms with Crippen LogP contribution in [0.25, 0.3) is 0 Å². The van der Waals surface area contributed by atoms with E-state index in [1.165, 1.54) is 56.8 Å². The maximum absolute atomic E-state index is 13.2. The summed E-state index contributed by atoms with van der Waals surface area (Å²) >= 11 is 5.99. The first-order valence-corrected chi connectivity index (χ1v) is 40.1. The SMILES string of the molecule is Cc1ccc(CC2(N(C)C)CCC(NC(=O)CCC(=O)N3CCN(c4ccc(Cl)cc4)CC3)CC2)cc1.Cc1ccc(CC2(N(C)C)CCC(NC(=O)CCC(=O)N3CCN(c4ccccc4C)CC3)CC2)cc1.Cc1cccc(CC2(N(C)C)CCC(NC(=O)CCC(=O)NCCc3cccc(F)c3)CC2)c1. The van der Waals surface area contributed by atoms with Gasteiger partial charge >= 0.3 is 0 Å². The van der Waals surface area contributed by atoms with Crippen LogP contribution in [0.4, 0.5) is 15.8 Å². The van der Waals surface area contributed by atoms with Gasteiger partial charge in [0.05, 0.1) is 0 Å². The Morgan fingerprint density at radius 3 is 1.24 bits per heavy atom. The molecule has 11 rings (SSSR count). The lowest BCUT2D eigenvalue weighted by molar-refractivity contribution is -0.134. The second-order valence-electron chi connectivity index (χ2n) is 32.1. The molecule has 6 aromatic carbocycles. The average molecular weight is 1500 g/mol. The maximum atomic E-state index is 13.2. The topological polar surface area (TPSA) is 173 Å². The number of carbonyl (C=O) groups is 6. The maximum Gasteiger partial charge on any atom is 0.223 e. The Morgan fingerprint density at radius 2 is 0.815 bits per heavy atom. The van der Waals surface area contributed by atoms with Crippen LogP contribution in [-0.2, 0) is 54.5 Å². The fourth-order valence-corrected chi connectivity index (χ4v) is 16.7. The highest BCUT2D eigenvalue weighted by Crippen LogP contribution is 2.39. The standard InChI is InChI=1S/C31H44N4O2.C30H41ClN4O2.C28H38FN3O2/c1-24-9-11-26(12-10-24)23-31(33(3)4)17-15-27(16-18-31)32-29(36)13-14-30(37)35-21-19-34(20-22-35)28-8-6-5-7-25(28)2;1-23-4-6-24(7-5-23)22-30(33(2)3)16-14-26(15-17-30)32-28(36)12-13-29(37)35-20-18-34(19-21-35)27-10-8-25(31)9-11-27;1-21-6-4-8-23(18-21)20-28(32(2)3)15-12-25(13-16-28)31-27(34)11-10-26(33)30-17-14-22-7-5-9-24(29)19-22/h5-12,27H,13-23H2,1-4H3,(H,32,36);4-11,26H,12-22H2,1-3H3,(H,32,36);4-9,18-19,25H,10-17,20H2,1-3H3,(H,30,33)(H,31,34). The van der Waals surface area contributed by atoms with Crippen molar-refractivity contribution in [3.8, 4) is 0 Å². The van der Waals surface area contributed by atoms with Gasteiger partial charge in [-0.1, -0.05) is 131 Å². The van der Waals surface area contributed by atoms with E-state index in [-0.39, 0.29) is 115 Å². The van der Waals surface area contributed by atoms with Gasteiger partial charge in [-0.3, -0.25) is 28.8 Å². The molecule has 0 aromatic heterocycles. The molecule has 108 heavy (non-hydrogen) atoms. The van der Waals surface area contributed by atoms with Gasteiger partial charge in [-0.2, -0.15) is 0 Å². The van der Waals surface area contributed by atoms with Crippen LogP contribution in [0.5, 0.6) is 0 Å². The number of piperazine rings is 2. The van der Waals surface area contributed by atoms with Crippen LogP contribution in [0.1, 0.15) is 160 Å². The minimum atomic E-state index is -0.277. The number of likely N-dealkylation sites (N-methyl/N-ethyl adjacent to an activating group) is 3. The number of nitrogens with zero attached hydrogens (tertiary/aromatic N) is 7. The summed E-state index contributed by atoms with van der Waals surface area (Å²) in [5, 5.41) is 13.1. The minimum absolute atomic E-state index is 0.00552. The third kappa shape index (κ3) is 25.2. The van der Waals surface area contributed by atoms with Crippen molar-refractivity contribution < 1.29 is 33.2 Å². The second-order valence-corrected chi connectivity index (χ2v) is 32.5. The summed E-state index contributed by atoms with van der Waals surface area (Å²) in [6.07, 6.45) is 17.1. The minimum Gasteiger partial charge on any atom is -0.368 e. The quantitative estimate of drug-likeness (QED) is 0.0407. The molecule has 4 N–H and O–H groups in total. The normalized spacial score (nSPS) is 21.6. The molecule has 0 bridgehead atoms. The monoisotopic (exact) mass is 1500 g/mol. The molecule has 0 atom stereocenters. The van der Waals surface area contributed by atoms with Gasteiger partial charge in [-0.05, 0) is 243 Å². The molecule has 3 aliphatic carbocycles. The van der Waals surface area contributed by atoms with Crippen molar-refractivity contribution in [2.75, 3.05) is 111 Å². The molecule has 5 fully saturated rings. The molecule has 3 saturated carbocycles. The zero-order valence-corrected chi connectivity index (χ0v) is 67.1. The lowest BCUT2D eigenvalue weighted by Gasteiger charge is -2.45. The molecule has 0 unspecified atom stereocenters. The molecular formula is C89H123ClFN11O6. The number of para-hydroxylation sites is 1. The predicted molar refractivity (Wildman–Crippen MR) is 436 cm³/mol. The molecule has 5 aliphatic rings. The summed E-state index contributed by atoms with van der Waals surface area (Å²) < 4.78 is 13.2. The van der Waals surface area contributed by atoms with E-state index in [1.54, 1.807) is 6.07 Å². The summed E-state index contributed by atoms with van der Waals surface area (Å²) in [6.45, 7) is 15.0. The Bertz CT molecular complexity index is 3850. The number of rotatable bonds is 26. The first kappa shape index (κ1) is 83.9. The van der Waals surface area contributed by atoms with E-state index in [2.05, 4.69) is 213 Å². The van der Waals surface area contributed by atoms with Gasteiger partial charge in [0, 0.05) is 149 Å². The summed E-state index contributed by atoms with van der Waals surface area (Å²) in [4.78, 5) is 90.9. The summed E-state index contributed by atoms with van der Waals surface area (Å²) in [7, 11) is 13.0. The molecule has 6 aromatic rings. The highest BCUT2D eigenvalue weighted by Gasteiger charge is 2.41. The number of aryl methyl sites for hydroxylation is 4. The van der Waals surface area contributed by atoms with Gasteiger partial charge in [0.15, 0.2) is 0 Å². The molecule has 2 aliphatic heterocycles. The van der Waals surface area contributed by atoms with E-state index >= 15 is 0 Å². The molecule has 2 heterocycles. The smallest absolute Gasteiger partial charge is 0.223 e. The molecule has 6 amide bonds. The van der Waals surface area contributed by atoms with E-state index in [0.717, 1.165) is 139 Å². The first-order chi connectivity index (χ1) is 51.7. The Hall–Kier alpha value is -8.16. The van der Waals surface area contributed by atoms with E-state index in [1.807, 2.05) is 40.1 Å². The molecule has 2 saturated heterocycles. The van der Waals surface area contributed by atoms with Crippen molar-refractivity contribution >= 4 is 58.4 Å². The van der Waals surface area contributed by atoms with E-state index in [0.29, 0.717) is 39.1 Å². The number of hydrogen-bond acceptors (Lipinski definition) is 11. The number of anilines is 2. The lowest BCUT2D eigenvalue weighted by Crippen LogP contribution is -2.52. The number of benzene rings is 6. The second kappa shape index (κ2) is 40.5. The van der Waals surface area contributed by atoms with Crippen LogP contribution in [0, 0.1) is 33.5 Å². The molecule has 0 spiro atoms. The number of nitrogens with one attached hydrogen (secondary N) is 4. The fraction of sp³-hybridized carbons (Fsp3) is 0.528. The van der Waals surface area contributed by atoms with Crippen LogP contribution >= 0.6 is 11.6 Å². The Kier molecular flexibility index (Phi) is 31.5. The highest BCUT2D eigenvalue weighted by molar-refractivity contribution is 6.30. The molecule has 17 nitrogen and oxygen atoms in total. The molecule has 19 heteroatoms. The van der Waals surface area contributed by atoms with Crippen LogP contribution in [0.15, 0.2) is 146 Å². The van der Waals surface area contributed by atoms with E-state index in [9.17, 15) is 33.2 Å². The third-order valence-electron chi connectivity index (χ3n) is 23.9. The predicted octanol–water partition coefficient (Wildman–Crippen LogP) is 13.2. The van der Waals surface area contributed by atoms with Crippen LogP contribution in [0.3, 0.4) is 0 Å². The Balaban J connectivity index is 0.000000187. The number of carbonyl (C=O) groups excluding carboxylic acids is 6. The summed E-state index contributed by atoms with van der Waals surface area (Å²) in [5.74, 6) is -0.337. The van der Waals surface area contributed by atoms with Gasteiger partial charge in [0.25, 0.3) is 0 Å². The van der Waals surface area contributed by atoms with Gasteiger partial charge in [0.2, 0.25) is 35.4 Å². The number of amides is 6. The van der Waals surface area contributed by atoms with E-state index in [4.69, 9.17) is 11.6 Å². The highest BCUT2D eigenvalue weighted by atomic mass is 35.5. The zero-order chi connectivity index (χ0) is 77.4. The number of hydrogen-bond donors (Lipinski definition) is 4. The van der Waals surface area contributed by atoms with Crippen molar-refractivity contribution in [3.05, 3.63) is 201 Å². The van der Waals surface area contributed by atoms with Gasteiger partial charge in [-0.25, -0.2) is 4.39 Å². The Morgan fingerprint density at radius 1 is 0.417 bits per heavy atom. The van der Waals surface area contributed by atoms with Crippen LogP contribution in [0.2, 0.25) is 5.02 Å². The van der Waals surface area contributed by atoms with Gasteiger partial charge in [0.1, 0.15) is 5.82 Å². The van der Waals surface area contributed by atoms with Crippen molar-refractivity contribution in [3.63, 3.8) is 0 Å². The van der Waals surface area contributed by atoms with Crippen LogP contribution in [-0.4, -0.2) is 196 Å². The first-order valence-electron chi connectivity index (χ1n) is 39.7. The fourth-order valence-electron chi connectivity index (χ4n) is 16.6. The number of halogens is 2. The zero-order valence-electron chi connectivity index (χ0n) is 66.3. The largest absolute Gasteiger partial charge is 0.368 e. The molecule has 584 valence electrons. The third-order valence-corrected chi connectivity index (χ3v) is 24.1. The van der Waals surface area contributed by atoms with E-state index < -0.39 is 0 Å². The molecule has 0 radical (unpaired) electrons. The van der Waals surface area contributed by atoms with Gasteiger partial charge in [-0.15, -0.1) is 0 Å². The molecular weight excluding hydrogens is 1370 g/mol. The van der Waals surface area contributed by atoms with Gasteiger partial charge < -0.3 is 55.6 Å².